The Balaban J connectivity index is 1.50. The highest BCUT2D eigenvalue weighted by Gasteiger charge is 2.57. The Morgan fingerprint density at radius 1 is 1.44 bits per heavy atom. The Morgan fingerprint density at radius 3 is 2.76 bits per heavy atom. The predicted octanol–water partition coefficient (Wildman–Crippen LogP) is 3.10. The van der Waals surface area contributed by atoms with Crippen LogP contribution in [0.5, 0.6) is 5.88 Å². The molecule has 0 spiro atoms. The minimum Gasteiger partial charge on any atom is -0.465 e. The minimum absolute atomic E-state index is 0.0517. The average Bonchev–Trinajstić information content (AvgIpc) is 2.96. The lowest BCUT2D eigenvalue weighted by Crippen LogP contribution is -2.54. The third-order valence-corrected chi connectivity index (χ3v) is 4.79. The molecule has 0 aliphatic heterocycles. The van der Waals surface area contributed by atoms with Gasteiger partial charge in [0.05, 0.1) is 0 Å². The molecule has 2 unspecified atom stereocenters. The first kappa shape index (κ1) is 17.8. The molecule has 1 heterocycles. The molecule has 1 aromatic heterocycles. The van der Waals surface area contributed by atoms with Gasteiger partial charge >= 0.3 is 12.2 Å². The van der Waals surface area contributed by atoms with Gasteiger partial charge in [-0.3, -0.25) is 0 Å². The monoisotopic (exact) mass is 361 g/mol. The van der Waals surface area contributed by atoms with Crippen LogP contribution in [-0.2, 0) is 6.54 Å². The zero-order valence-corrected chi connectivity index (χ0v) is 13.6. The Bertz CT molecular complexity index is 647. The van der Waals surface area contributed by atoms with E-state index in [0.717, 1.165) is 6.92 Å². The molecule has 2 amide bonds. The number of nitrogens with zero attached hydrogens (tertiary/aromatic N) is 1. The van der Waals surface area contributed by atoms with E-state index >= 15 is 0 Å². The lowest BCUT2D eigenvalue weighted by atomic mass is 9.77. The van der Waals surface area contributed by atoms with Gasteiger partial charge in [-0.15, -0.1) is 0 Å². The first-order valence-corrected chi connectivity index (χ1v) is 8.05. The maximum Gasteiger partial charge on any atom is 0.425 e. The number of carbonyl (C=O) groups is 1. The number of pyridine rings is 1. The van der Waals surface area contributed by atoms with E-state index in [2.05, 4.69) is 15.6 Å². The number of urea groups is 1. The van der Waals surface area contributed by atoms with Gasteiger partial charge in [0.2, 0.25) is 5.88 Å². The molecule has 3 aliphatic carbocycles. The van der Waals surface area contributed by atoms with Crippen LogP contribution in [0, 0.1) is 5.92 Å². The van der Waals surface area contributed by atoms with Crippen molar-refractivity contribution < 1.29 is 27.1 Å². The second-order valence-electron chi connectivity index (χ2n) is 6.78. The Kier molecular flexibility index (Phi) is 4.51. The zero-order valence-electron chi connectivity index (χ0n) is 13.6. The van der Waals surface area contributed by atoms with Crippen LogP contribution in [0.4, 0.5) is 22.4 Å². The number of hydrogen-bond acceptors (Lipinski definition) is 3. The number of fused-ring (bicyclic) bond motifs is 1. The van der Waals surface area contributed by atoms with E-state index in [4.69, 9.17) is 4.74 Å². The van der Waals surface area contributed by atoms with E-state index in [9.17, 15) is 22.4 Å². The molecule has 9 heteroatoms. The minimum atomic E-state index is -4.48. The SMILES string of the molecule is CC(Oc1cc(CNC(=O)NC23CC(F)C(C2)C3)ccn1)C(F)(F)F. The molecule has 4 rings (SSSR count). The molecular weight excluding hydrogens is 342 g/mol. The summed E-state index contributed by atoms with van der Waals surface area (Å²) in [6, 6.07) is 2.49. The van der Waals surface area contributed by atoms with Gasteiger partial charge in [-0.2, -0.15) is 13.2 Å². The summed E-state index contributed by atoms with van der Waals surface area (Å²) in [4.78, 5) is 15.7. The zero-order chi connectivity index (χ0) is 18.2. The topological polar surface area (TPSA) is 63.2 Å². The van der Waals surface area contributed by atoms with Crippen LogP contribution >= 0.6 is 0 Å². The maximum atomic E-state index is 13.5. The fraction of sp³-hybridized carbons (Fsp3) is 0.625. The Morgan fingerprint density at radius 2 is 2.16 bits per heavy atom. The van der Waals surface area contributed by atoms with Gasteiger partial charge in [0.25, 0.3) is 0 Å². The number of halogens is 4. The van der Waals surface area contributed by atoms with Crippen molar-refractivity contribution in [1.29, 1.82) is 0 Å². The maximum absolute atomic E-state index is 13.5. The Labute approximate surface area is 142 Å². The summed E-state index contributed by atoms with van der Waals surface area (Å²) < 4.78 is 55.7. The quantitative estimate of drug-likeness (QED) is 0.792. The van der Waals surface area contributed by atoms with Gasteiger partial charge in [0.15, 0.2) is 6.10 Å². The van der Waals surface area contributed by atoms with Crippen LogP contribution in [0.1, 0.15) is 31.7 Å². The first-order chi connectivity index (χ1) is 11.7. The fourth-order valence-corrected chi connectivity index (χ4v) is 3.40. The van der Waals surface area contributed by atoms with Crippen LogP contribution in [0.3, 0.4) is 0 Å². The molecule has 0 radical (unpaired) electrons. The van der Waals surface area contributed by atoms with Gasteiger partial charge in [0, 0.05) is 30.8 Å². The molecule has 2 bridgehead atoms. The van der Waals surface area contributed by atoms with Crippen molar-refractivity contribution in [3.05, 3.63) is 23.9 Å². The third kappa shape index (κ3) is 3.96. The predicted molar refractivity (Wildman–Crippen MR) is 80.7 cm³/mol. The van der Waals surface area contributed by atoms with Crippen LogP contribution in [0.15, 0.2) is 18.3 Å². The first-order valence-electron chi connectivity index (χ1n) is 8.05. The summed E-state index contributed by atoms with van der Waals surface area (Å²) >= 11 is 0. The summed E-state index contributed by atoms with van der Waals surface area (Å²) in [5, 5.41) is 5.43. The van der Waals surface area contributed by atoms with Crippen molar-refractivity contribution in [2.24, 2.45) is 5.92 Å². The van der Waals surface area contributed by atoms with Crippen molar-refractivity contribution >= 4 is 6.03 Å². The van der Waals surface area contributed by atoms with Gasteiger partial charge in [-0.05, 0) is 37.3 Å². The number of aromatic nitrogens is 1. The highest BCUT2D eigenvalue weighted by Crippen LogP contribution is 2.53. The normalized spacial score (nSPS) is 28.8. The molecule has 25 heavy (non-hydrogen) atoms. The van der Waals surface area contributed by atoms with Crippen LogP contribution in [0.25, 0.3) is 0 Å². The number of carbonyl (C=O) groups excluding carboxylic acids is 1. The van der Waals surface area contributed by atoms with Gasteiger partial charge in [0.1, 0.15) is 6.17 Å². The van der Waals surface area contributed by atoms with E-state index in [1.54, 1.807) is 6.07 Å². The number of rotatable bonds is 5. The Hall–Kier alpha value is -2.06. The third-order valence-electron chi connectivity index (χ3n) is 4.79. The number of nitrogens with one attached hydrogen (secondary N) is 2. The van der Waals surface area contributed by atoms with E-state index < -0.39 is 30.0 Å². The van der Waals surface area contributed by atoms with E-state index in [1.165, 1.54) is 12.3 Å². The van der Waals surface area contributed by atoms with Crippen molar-refractivity contribution in [3.63, 3.8) is 0 Å². The standard InChI is InChI=1S/C16H19F4N3O2/c1-9(16(18,19)20)25-13-4-10(2-3-21-13)8-22-14(24)23-15-5-11(6-15)12(17)7-15/h2-4,9,11-12H,5-8H2,1H3,(H2,22,23,24). The molecule has 3 aliphatic rings. The fourth-order valence-electron chi connectivity index (χ4n) is 3.40. The summed E-state index contributed by atoms with van der Waals surface area (Å²) in [5.41, 5.74) is 0.108. The molecule has 5 nitrogen and oxygen atoms in total. The summed E-state index contributed by atoms with van der Waals surface area (Å²) in [5.74, 6) is -0.114. The molecule has 3 saturated carbocycles. The molecule has 0 aromatic carbocycles. The number of amides is 2. The van der Waals surface area contributed by atoms with Crippen LogP contribution in [-0.4, -0.2) is 35.0 Å². The van der Waals surface area contributed by atoms with E-state index in [1.807, 2.05) is 0 Å². The van der Waals surface area contributed by atoms with Crippen molar-refractivity contribution in [1.82, 2.24) is 15.6 Å². The molecule has 2 N–H and O–H groups in total. The van der Waals surface area contributed by atoms with E-state index in [0.29, 0.717) is 24.8 Å². The van der Waals surface area contributed by atoms with E-state index in [-0.39, 0.29) is 18.3 Å². The lowest BCUT2D eigenvalue weighted by Gasteiger charge is -2.38. The van der Waals surface area contributed by atoms with Gasteiger partial charge in [-0.25, -0.2) is 14.2 Å². The highest BCUT2D eigenvalue weighted by molar-refractivity contribution is 5.75. The van der Waals surface area contributed by atoms with Gasteiger partial charge < -0.3 is 15.4 Å². The van der Waals surface area contributed by atoms with Crippen LogP contribution < -0.4 is 15.4 Å². The largest absolute Gasteiger partial charge is 0.465 e. The lowest BCUT2D eigenvalue weighted by molar-refractivity contribution is -0.190. The second kappa shape index (κ2) is 6.34. The van der Waals surface area contributed by atoms with Crippen LogP contribution in [0.2, 0.25) is 0 Å². The number of ether oxygens (including phenoxy) is 1. The molecule has 2 atom stereocenters. The molecule has 3 fully saturated rings. The molecule has 0 saturated heterocycles. The average molecular weight is 361 g/mol. The molecule has 1 aromatic rings. The summed E-state index contributed by atoms with van der Waals surface area (Å²) in [6.07, 6.45) is -4.34. The van der Waals surface area contributed by atoms with Gasteiger partial charge in [-0.1, -0.05) is 0 Å². The summed E-state index contributed by atoms with van der Waals surface area (Å²) in [7, 11) is 0. The molecule has 138 valence electrons. The second-order valence-corrected chi connectivity index (χ2v) is 6.78. The van der Waals surface area contributed by atoms with Crippen molar-refractivity contribution in [2.45, 2.75) is 56.7 Å². The number of hydrogen-bond donors (Lipinski definition) is 2. The van der Waals surface area contributed by atoms with Crippen molar-refractivity contribution in [2.75, 3.05) is 0 Å². The van der Waals surface area contributed by atoms with Crippen molar-refractivity contribution in [3.8, 4) is 5.88 Å². The number of alkyl halides is 4. The highest BCUT2D eigenvalue weighted by atomic mass is 19.4. The summed E-state index contributed by atoms with van der Waals surface area (Å²) in [6.45, 7) is 0.995. The smallest absolute Gasteiger partial charge is 0.425 e. The molecular formula is C16H19F4N3O2.